The van der Waals surface area contributed by atoms with Crippen molar-refractivity contribution in [3.05, 3.63) is 0 Å². The molecule has 0 amide bonds. The molecule has 0 saturated heterocycles. The summed E-state index contributed by atoms with van der Waals surface area (Å²) in [5, 5.41) is 20.2. The summed E-state index contributed by atoms with van der Waals surface area (Å²) < 4.78 is 0. The molecule has 0 aromatic rings. The fourth-order valence-corrected chi connectivity index (χ4v) is 0. The van der Waals surface area contributed by atoms with E-state index in [2.05, 4.69) is 18.8 Å². The highest BCUT2D eigenvalue weighted by molar-refractivity contribution is 7.79. The number of nitriles is 1. The largest absolute Gasteiger partial charge is 0.473 e. The van der Waals surface area contributed by atoms with E-state index in [9.17, 15) is 0 Å². The Bertz CT molecular complexity index is 55.8. The van der Waals surface area contributed by atoms with E-state index in [4.69, 9.17) is 15.5 Å². The van der Waals surface area contributed by atoms with Crippen molar-refractivity contribution in [2.75, 3.05) is 0 Å². The first-order valence-electron chi connectivity index (χ1n) is 0.910. The van der Waals surface area contributed by atoms with Crippen molar-refractivity contribution in [2.24, 2.45) is 0 Å². The van der Waals surface area contributed by atoms with Gasteiger partial charge in [-0.15, -0.1) is 0 Å². The molecule has 0 saturated carbocycles. The fraction of sp³-hybridized carbons (Fsp3) is 0. The number of nitrogens with zero attached hydrogens (tertiary/aromatic N) is 1. The molecule has 0 aliphatic heterocycles. The molecular weight excluding hydrogens is 102 g/mol. The van der Waals surface area contributed by atoms with Crippen LogP contribution in [-0.2, 0) is 0 Å². The average Bonchev–Trinajstić information content (AvgIpc) is 1.41. The average molecular weight is 105 g/mol. The predicted molar refractivity (Wildman–Crippen MR) is 24.5 cm³/mol. The third-order valence-corrected chi connectivity index (χ3v) is 0. The van der Waals surface area contributed by atoms with Crippen molar-refractivity contribution in [1.82, 2.24) is 0 Å². The molecule has 0 aromatic heterocycles. The van der Waals surface area contributed by atoms with Crippen LogP contribution in [0.25, 0.3) is 0 Å². The maximum absolute atomic E-state index is 7.34. The Morgan fingerprint density at radius 3 is 1.50 bits per heavy atom. The summed E-state index contributed by atoms with van der Waals surface area (Å²) in [6, 6.07) is 0. The summed E-state index contributed by atoms with van der Waals surface area (Å²) in [6.07, 6.45) is 0. The molecule has 6 heavy (non-hydrogen) atoms. The summed E-state index contributed by atoms with van der Waals surface area (Å²) in [6.45, 7) is 3.50. The fourth-order valence-electron chi connectivity index (χ4n) is 0. The van der Waals surface area contributed by atoms with Crippen LogP contribution in [0.3, 0.4) is 0 Å². The molecule has 0 unspecified atom stereocenters. The summed E-state index contributed by atoms with van der Waals surface area (Å²) in [7, 11) is 0. The van der Waals surface area contributed by atoms with E-state index in [0.717, 1.165) is 0 Å². The molecule has 0 radical (unpaired) electrons. The number of rotatable bonds is 0. The maximum Gasteiger partial charge on any atom is 0.347 e. The SMILES string of the molecule is C#N.OC(O)=S. The molecule has 0 aromatic carbocycles. The van der Waals surface area contributed by atoms with Crippen LogP contribution in [-0.4, -0.2) is 15.4 Å². The van der Waals surface area contributed by atoms with Crippen LogP contribution < -0.4 is 0 Å². The Morgan fingerprint density at radius 2 is 1.50 bits per heavy atom. The summed E-state index contributed by atoms with van der Waals surface area (Å²) in [5.74, 6) is 0. The molecule has 0 atom stereocenters. The summed E-state index contributed by atoms with van der Waals surface area (Å²) in [5.41, 5.74) is 0. The van der Waals surface area contributed by atoms with Crippen LogP contribution in [0, 0.1) is 11.8 Å². The van der Waals surface area contributed by atoms with Gasteiger partial charge in [0, 0.05) is 18.8 Å². The minimum Gasteiger partial charge on any atom is -0.473 e. The minimum atomic E-state index is -1.000. The molecule has 0 rings (SSSR count). The van der Waals surface area contributed by atoms with Crippen molar-refractivity contribution >= 4 is 17.5 Å². The van der Waals surface area contributed by atoms with Gasteiger partial charge in [0.25, 0.3) is 0 Å². The third-order valence-electron chi connectivity index (χ3n) is 0. The van der Waals surface area contributed by atoms with Gasteiger partial charge in [-0.2, -0.15) is 0 Å². The van der Waals surface area contributed by atoms with Gasteiger partial charge in [-0.1, -0.05) is 0 Å². The molecule has 0 spiro atoms. The van der Waals surface area contributed by atoms with Crippen LogP contribution in [0.15, 0.2) is 0 Å². The Hall–Kier alpha value is -0.820. The number of thiocarbonyl (C=S) groups is 1. The lowest BCUT2D eigenvalue weighted by molar-refractivity contribution is 0.386. The second-order valence-corrected chi connectivity index (χ2v) is 0.648. The van der Waals surface area contributed by atoms with Gasteiger partial charge < -0.3 is 10.2 Å². The van der Waals surface area contributed by atoms with Crippen molar-refractivity contribution in [3.8, 4) is 6.57 Å². The van der Waals surface area contributed by atoms with Gasteiger partial charge in [-0.05, 0) is 0 Å². The van der Waals surface area contributed by atoms with E-state index in [1.807, 2.05) is 0 Å². The Kier molecular flexibility index (Phi) is 13.3. The van der Waals surface area contributed by atoms with E-state index >= 15 is 0 Å². The first-order chi connectivity index (χ1) is 2.73. The van der Waals surface area contributed by atoms with E-state index in [1.165, 1.54) is 0 Å². The van der Waals surface area contributed by atoms with E-state index in [1.54, 1.807) is 0 Å². The number of aliphatic hydroxyl groups is 2. The molecule has 0 fully saturated rings. The molecule has 0 bridgehead atoms. The van der Waals surface area contributed by atoms with E-state index < -0.39 is 5.24 Å². The zero-order valence-corrected chi connectivity index (χ0v) is 3.64. The predicted octanol–water partition coefficient (Wildman–Crippen LogP) is 0.527. The van der Waals surface area contributed by atoms with Crippen LogP contribution in [0.5, 0.6) is 0 Å². The van der Waals surface area contributed by atoms with E-state index in [-0.39, 0.29) is 0 Å². The van der Waals surface area contributed by atoms with Gasteiger partial charge in [0.15, 0.2) is 0 Å². The molecule has 0 heterocycles. The molecule has 34 valence electrons. The zero-order chi connectivity index (χ0) is 5.58. The summed E-state index contributed by atoms with van der Waals surface area (Å²) >= 11 is 3.65. The van der Waals surface area contributed by atoms with Gasteiger partial charge in [-0.25, -0.2) is 5.26 Å². The van der Waals surface area contributed by atoms with Gasteiger partial charge in [-0.3, -0.25) is 0 Å². The van der Waals surface area contributed by atoms with Crippen molar-refractivity contribution < 1.29 is 10.2 Å². The highest BCUT2D eigenvalue weighted by Crippen LogP contribution is 1.47. The van der Waals surface area contributed by atoms with Crippen molar-refractivity contribution in [1.29, 1.82) is 5.26 Å². The molecule has 0 aliphatic rings. The van der Waals surface area contributed by atoms with Gasteiger partial charge >= 0.3 is 5.24 Å². The highest BCUT2D eigenvalue weighted by atomic mass is 32.1. The smallest absolute Gasteiger partial charge is 0.347 e. The Balaban J connectivity index is 0. The first kappa shape index (κ1) is 8.95. The zero-order valence-electron chi connectivity index (χ0n) is 2.83. The standard InChI is InChI=1S/CHN.CH2O2S/c1-2;2-1(3)4/h1H;(H2,2,3,4). The normalized spacial score (nSPS) is 4.33. The van der Waals surface area contributed by atoms with Crippen LogP contribution in [0.2, 0.25) is 0 Å². The molecule has 3 nitrogen and oxygen atoms in total. The second-order valence-electron chi connectivity index (χ2n) is 0.283. The highest BCUT2D eigenvalue weighted by Gasteiger charge is 1.62. The lowest BCUT2D eigenvalue weighted by Gasteiger charge is -1.65. The maximum atomic E-state index is 7.34. The second kappa shape index (κ2) is 8.89. The monoisotopic (exact) mass is 105 g/mol. The minimum absolute atomic E-state index is 1.000. The van der Waals surface area contributed by atoms with Crippen LogP contribution in [0.1, 0.15) is 0 Å². The lowest BCUT2D eigenvalue weighted by atomic mass is 11.5. The van der Waals surface area contributed by atoms with Crippen molar-refractivity contribution in [2.45, 2.75) is 0 Å². The summed E-state index contributed by atoms with van der Waals surface area (Å²) in [4.78, 5) is 0. The van der Waals surface area contributed by atoms with E-state index in [0.29, 0.717) is 0 Å². The van der Waals surface area contributed by atoms with Gasteiger partial charge in [0.05, 0.1) is 0 Å². The molecule has 2 N–H and O–H groups in total. The van der Waals surface area contributed by atoms with Crippen LogP contribution in [0.4, 0.5) is 0 Å². The van der Waals surface area contributed by atoms with Gasteiger partial charge in [0.1, 0.15) is 0 Å². The molecular formula is C2H3NO2S. The Morgan fingerprint density at radius 1 is 1.50 bits per heavy atom. The van der Waals surface area contributed by atoms with Gasteiger partial charge in [0.2, 0.25) is 0 Å². The number of hydrogen-bond acceptors (Lipinski definition) is 2. The van der Waals surface area contributed by atoms with Crippen LogP contribution >= 0.6 is 12.2 Å². The van der Waals surface area contributed by atoms with Crippen molar-refractivity contribution in [3.63, 3.8) is 0 Å². The molecule has 0 aliphatic carbocycles. The Labute approximate surface area is 40.4 Å². The molecule has 4 heteroatoms. The third kappa shape index (κ3) is 22.5. The quantitative estimate of drug-likeness (QED) is 0.441. The first-order valence-corrected chi connectivity index (χ1v) is 1.32. The topological polar surface area (TPSA) is 64.2 Å². The number of aliphatic hydroxyl groups excluding tert-OH is 1. The number of hydrogen-bond donors (Lipinski definition) is 2. The lowest BCUT2D eigenvalue weighted by Crippen LogP contribution is -1.80.